The average molecular weight is 445 g/mol. The Labute approximate surface area is 190 Å². The minimum atomic E-state index is -0.949. The smallest absolute Gasteiger partial charge is 0.183 e. The highest BCUT2D eigenvalue weighted by atomic mass is 35.5. The molecule has 0 aliphatic heterocycles. The Morgan fingerprint density at radius 1 is 0.767 bits per heavy atom. The van der Waals surface area contributed by atoms with Crippen LogP contribution in [0.2, 0.25) is 0 Å². The van der Waals surface area contributed by atoms with Crippen molar-refractivity contribution in [1.82, 2.24) is 0 Å². The second kappa shape index (κ2) is 7.21. The highest BCUT2D eigenvalue weighted by Gasteiger charge is 2.46. The van der Waals surface area contributed by atoms with E-state index in [-0.39, 0.29) is 22.4 Å². The molecule has 2 aromatic rings. The summed E-state index contributed by atoms with van der Waals surface area (Å²) >= 11 is 12.5. The number of hydrogen-bond acceptors (Lipinski definition) is 2. The van der Waals surface area contributed by atoms with Gasteiger partial charge < -0.3 is 0 Å². The zero-order chi connectivity index (χ0) is 22.7. The summed E-state index contributed by atoms with van der Waals surface area (Å²) in [6.45, 7) is 13.5. The molecule has 0 N–H and O–H groups in total. The molecule has 1 aliphatic rings. The van der Waals surface area contributed by atoms with Crippen molar-refractivity contribution in [2.45, 2.75) is 75.5 Å². The van der Waals surface area contributed by atoms with Crippen molar-refractivity contribution in [2.75, 3.05) is 0 Å². The lowest BCUT2D eigenvalue weighted by Crippen LogP contribution is -2.27. The first-order valence-electron chi connectivity index (χ1n) is 10.3. The van der Waals surface area contributed by atoms with Crippen LogP contribution in [0.15, 0.2) is 42.5 Å². The predicted molar refractivity (Wildman–Crippen MR) is 126 cm³/mol. The number of halogens is 2. The quantitative estimate of drug-likeness (QED) is 0.364. The SMILES string of the molecule is CC(C)(Cl)C(=O)c1ccc(C2(C)CC(C)(C)c3ccc(C(=O)C(C)(C)Cl)cc32)cc1. The van der Waals surface area contributed by atoms with Crippen LogP contribution in [0.25, 0.3) is 0 Å². The van der Waals surface area contributed by atoms with E-state index < -0.39 is 9.75 Å². The number of carbonyl (C=O) groups is 2. The number of Topliss-reactive ketones (excluding diaryl/α,β-unsaturated/α-hetero) is 2. The molecule has 1 unspecified atom stereocenters. The minimum Gasteiger partial charge on any atom is -0.292 e. The fraction of sp³-hybridized carbons (Fsp3) is 0.462. The zero-order valence-electron chi connectivity index (χ0n) is 18.8. The highest BCUT2D eigenvalue weighted by molar-refractivity contribution is 6.37. The predicted octanol–water partition coefficient (Wildman–Crippen LogP) is 7.07. The van der Waals surface area contributed by atoms with Gasteiger partial charge in [0.2, 0.25) is 0 Å². The second-order valence-corrected chi connectivity index (χ2v) is 12.2. The Kier molecular flexibility index (Phi) is 5.53. The third-order valence-corrected chi connectivity index (χ3v) is 6.61. The highest BCUT2D eigenvalue weighted by Crippen LogP contribution is 2.53. The van der Waals surface area contributed by atoms with Crippen molar-refractivity contribution in [3.05, 3.63) is 70.3 Å². The molecule has 0 bridgehead atoms. The Morgan fingerprint density at radius 3 is 1.73 bits per heavy atom. The van der Waals surface area contributed by atoms with Crippen LogP contribution < -0.4 is 0 Å². The first-order chi connectivity index (χ1) is 13.6. The summed E-state index contributed by atoms with van der Waals surface area (Å²) < 4.78 is 0. The number of benzene rings is 2. The summed E-state index contributed by atoms with van der Waals surface area (Å²) in [5.74, 6) is -0.172. The van der Waals surface area contributed by atoms with Gasteiger partial charge in [-0.1, -0.05) is 57.2 Å². The Hall–Kier alpha value is -1.64. The maximum Gasteiger partial charge on any atom is 0.183 e. The van der Waals surface area contributed by atoms with Gasteiger partial charge in [-0.2, -0.15) is 0 Å². The lowest BCUT2D eigenvalue weighted by molar-refractivity contribution is 0.0947. The van der Waals surface area contributed by atoms with Gasteiger partial charge in [0.05, 0.1) is 0 Å². The molecule has 0 radical (unpaired) electrons. The largest absolute Gasteiger partial charge is 0.292 e. The average Bonchev–Trinajstić information content (AvgIpc) is 2.85. The van der Waals surface area contributed by atoms with Gasteiger partial charge in [0, 0.05) is 16.5 Å². The van der Waals surface area contributed by atoms with Crippen LogP contribution in [-0.4, -0.2) is 21.3 Å². The number of rotatable bonds is 5. The van der Waals surface area contributed by atoms with Crippen molar-refractivity contribution < 1.29 is 9.59 Å². The van der Waals surface area contributed by atoms with Crippen molar-refractivity contribution >= 4 is 34.8 Å². The summed E-state index contributed by atoms with van der Waals surface area (Å²) in [5.41, 5.74) is 4.44. The van der Waals surface area contributed by atoms with Gasteiger partial charge in [-0.25, -0.2) is 0 Å². The lowest BCUT2D eigenvalue weighted by atomic mass is 9.74. The topological polar surface area (TPSA) is 34.1 Å². The van der Waals surface area contributed by atoms with E-state index in [1.807, 2.05) is 36.4 Å². The molecular weight excluding hydrogens is 415 g/mol. The number of alkyl halides is 2. The molecule has 0 heterocycles. The minimum absolute atomic E-state index is 0.0330. The molecule has 1 atom stereocenters. The number of carbonyl (C=O) groups excluding carboxylic acids is 2. The zero-order valence-corrected chi connectivity index (χ0v) is 20.3. The van der Waals surface area contributed by atoms with Crippen LogP contribution >= 0.6 is 23.2 Å². The summed E-state index contributed by atoms with van der Waals surface area (Å²) in [7, 11) is 0. The standard InChI is InChI=1S/C26H30Cl2O2/c1-23(2)15-26(7,18-11-8-16(9-12-18)21(29)24(3,4)27)20-14-17(10-13-19(20)23)22(30)25(5,6)28/h8-14H,15H2,1-7H3. The number of hydrogen-bond donors (Lipinski definition) is 0. The summed E-state index contributed by atoms with van der Waals surface area (Å²) in [4.78, 5) is 23.4. The molecule has 0 spiro atoms. The van der Waals surface area contributed by atoms with Gasteiger partial charge in [-0.05, 0) is 62.3 Å². The van der Waals surface area contributed by atoms with Crippen molar-refractivity contribution in [3.63, 3.8) is 0 Å². The van der Waals surface area contributed by atoms with Crippen molar-refractivity contribution in [1.29, 1.82) is 0 Å². The van der Waals surface area contributed by atoms with Gasteiger partial charge in [-0.15, -0.1) is 23.2 Å². The van der Waals surface area contributed by atoms with E-state index in [0.29, 0.717) is 11.1 Å². The summed E-state index contributed by atoms with van der Waals surface area (Å²) in [5, 5.41) is 0. The van der Waals surface area contributed by atoms with E-state index in [1.54, 1.807) is 27.7 Å². The van der Waals surface area contributed by atoms with Crippen molar-refractivity contribution in [2.24, 2.45) is 0 Å². The molecule has 3 rings (SSSR count). The van der Waals surface area contributed by atoms with Crippen LogP contribution in [0.4, 0.5) is 0 Å². The van der Waals surface area contributed by atoms with Crippen LogP contribution in [0.1, 0.15) is 92.3 Å². The van der Waals surface area contributed by atoms with Gasteiger partial charge in [-0.3, -0.25) is 9.59 Å². The molecule has 0 saturated heterocycles. The van der Waals surface area contributed by atoms with E-state index in [0.717, 1.165) is 17.5 Å². The molecule has 1 aliphatic carbocycles. The number of fused-ring (bicyclic) bond motifs is 1. The van der Waals surface area contributed by atoms with E-state index in [1.165, 1.54) is 5.56 Å². The fourth-order valence-electron chi connectivity index (χ4n) is 4.74. The van der Waals surface area contributed by atoms with E-state index in [2.05, 4.69) is 26.8 Å². The van der Waals surface area contributed by atoms with Gasteiger partial charge >= 0.3 is 0 Å². The third-order valence-electron chi connectivity index (χ3n) is 6.26. The first-order valence-corrected chi connectivity index (χ1v) is 11.1. The van der Waals surface area contributed by atoms with Crippen LogP contribution in [0, 0.1) is 0 Å². The van der Waals surface area contributed by atoms with Crippen LogP contribution in [-0.2, 0) is 10.8 Å². The monoisotopic (exact) mass is 444 g/mol. The maximum absolute atomic E-state index is 12.8. The fourth-order valence-corrected chi connectivity index (χ4v) is 4.96. The summed E-state index contributed by atoms with van der Waals surface area (Å²) in [6.07, 6.45) is 0.908. The molecule has 2 nitrogen and oxygen atoms in total. The van der Waals surface area contributed by atoms with Crippen LogP contribution in [0.3, 0.4) is 0 Å². The Bertz CT molecular complexity index is 1000. The normalized spacial score (nSPS) is 20.7. The maximum atomic E-state index is 12.8. The molecule has 160 valence electrons. The second-order valence-electron chi connectivity index (χ2n) is 10.3. The number of ketones is 2. The molecule has 2 aromatic carbocycles. The Morgan fingerprint density at radius 2 is 1.23 bits per heavy atom. The molecule has 0 saturated carbocycles. The van der Waals surface area contributed by atoms with E-state index in [9.17, 15) is 9.59 Å². The molecule has 0 amide bonds. The van der Waals surface area contributed by atoms with Crippen molar-refractivity contribution in [3.8, 4) is 0 Å². The first kappa shape index (κ1) is 23.0. The van der Waals surface area contributed by atoms with E-state index >= 15 is 0 Å². The molecular formula is C26H30Cl2O2. The summed E-state index contributed by atoms with van der Waals surface area (Å²) in [6, 6.07) is 13.7. The molecule has 4 heteroatoms. The lowest BCUT2D eigenvalue weighted by Gasteiger charge is -2.29. The van der Waals surface area contributed by atoms with E-state index in [4.69, 9.17) is 23.2 Å². The third kappa shape index (κ3) is 3.97. The van der Waals surface area contributed by atoms with Gasteiger partial charge in [0.1, 0.15) is 9.75 Å². The molecule has 0 aromatic heterocycles. The molecule has 30 heavy (non-hydrogen) atoms. The van der Waals surface area contributed by atoms with Gasteiger partial charge in [0.25, 0.3) is 0 Å². The Balaban J connectivity index is 2.09. The van der Waals surface area contributed by atoms with Crippen LogP contribution in [0.5, 0.6) is 0 Å². The van der Waals surface area contributed by atoms with Gasteiger partial charge in [0.15, 0.2) is 11.6 Å². The molecule has 0 fully saturated rings.